The average Bonchev–Trinajstić information content (AvgIpc) is 3.50. The lowest BCUT2D eigenvalue weighted by Crippen LogP contribution is -2.09. The highest BCUT2D eigenvalue weighted by atomic mass is 19.3. The van der Waals surface area contributed by atoms with E-state index in [0.29, 0.717) is 35.5 Å². The number of anilines is 2. The van der Waals surface area contributed by atoms with Crippen LogP contribution in [0.25, 0.3) is 17.1 Å². The van der Waals surface area contributed by atoms with Crippen LogP contribution in [-0.4, -0.2) is 36.1 Å². The molecule has 0 saturated heterocycles. The van der Waals surface area contributed by atoms with Crippen LogP contribution in [-0.2, 0) is 6.54 Å². The van der Waals surface area contributed by atoms with Gasteiger partial charge in [0.1, 0.15) is 29.4 Å². The molecule has 3 aromatic heterocycles. The number of alkyl halides is 4. The lowest BCUT2D eigenvalue weighted by molar-refractivity contribution is -0.0498. The van der Waals surface area contributed by atoms with Gasteiger partial charge in [0.25, 0.3) is 6.43 Å². The van der Waals surface area contributed by atoms with Crippen molar-refractivity contribution in [1.82, 2.24) is 29.5 Å². The zero-order chi connectivity index (χ0) is 25.4. The maximum atomic E-state index is 13.5. The number of hydrogen-bond acceptors (Lipinski definition) is 6. The standard InChI is InChI=1S/C24H23F4N7O/c1-13-9-18(22(25)26)35(32-13)20-10-19(29-12-30-20)31-23-14(2)21(33-34(23)11-15-3-4-15)16-5-7-17(8-6-16)36-24(27)28/h5-10,12,15,22,24H,3-4,11H2,1-2H3,(H,29,30,31). The van der Waals surface area contributed by atoms with Crippen LogP contribution < -0.4 is 10.1 Å². The van der Waals surface area contributed by atoms with E-state index in [1.54, 1.807) is 25.1 Å². The quantitative estimate of drug-likeness (QED) is 0.291. The fourth-order valence-corrected chi connectivity index (χ4v) is 3.97. The van der Waals surface area contributed by atoms with Crippen molar-refractivity contribution in [2.75, 3.05) is 5.32 Å². The van der Waals surface area contributed by atoms with Gasteiger partial charge in [0.15, 0.2) is 5.82 Å². The van der Waals surface area contributed by atoms with E-state index in [1.165, 1.54) is 24.5 Å². The molecule has 1 aliphatic carbocycles. The van der Waals surface area contributed by atoms with Crippen molar-refractivity contribution in [2.24, 2.45) is 5.92 Å². The number of benzene rings is 1. The Kier molecular flexibility index (Phi) is 6.33. The summed E-state index contributed by atoms with van der Waals surface area (Å²) in [4.78, 5) is 8.38. The topological polar surface area (TPSA) is 82.7 Å². The normalized spacial score (nSPS) is 13.6. The van der Waals surface area contributed by atoms with Gasteiger partial charge < -0.3 is 10.1 Å². The van der Waals surface area contributed by atoms with Crippen LogP contribution in [0.2, 0.25) is 0 Å². The number of rotatable bonds is 9. The molecule has 3 heterocycles. The molecule has 1 saturated carbocycles. The second-order valence-electron chi connectivity index (χ2n) is 8.66. The van der Waals surface area contributed by atoms with Crippen molar-refractivity contribution in [3.05, 3.63) is 59.7 Å². The molecule has 1 fully saturated rings. The summed E-state index contributed by atoms with van der Waals surface area (Å²) in [7, 11) is 0. The Morgan fingerprint density at radius 3 is 2.44 bits per heavy atom. The van der Waals surface area contributed by atoms with Crippen LogP contribution in [0.1, 0.15) is 36.2 Å². The molecule has 0 bridgehead atoms. The van der Waals surface area contributed by atoms with E-state index in [0.717, 1.165) is 28.7 Å². The summed E-state index contributed by atoms with van der Waals surface area (Å²) in [6.45, 7) is 1.33. The van der Waals surface area contributed by atoms with Crippen molar-refractivity contribution in [1.29, 1.82) is 0 Å². The number of halogens is 4. The molecule has 0 unspecified atom stereocenters. The van der Waals surface area contributed by atoms with Crippen molar-refractivity contribution in [3.63, 3.8) is 0 Å². The van der Waals surface area contributed by atoms with Crippen LogP contribution in [0.15, 0.2) is 42.7 Å². The van der Waals surface area contributed by atoms with E-state index < -0.39 is 13.0 Å². The smallest absolute Gasteiger partial charge is 0.387 e. The third-order valence-electron chi connectivity index (χ3n) is 5.87. The highest BCUT2D eigenvalue weighted by Gasteiger charge is 2.26. The fourth-order valence-electron chi connectivity index (χ4n) is 3.97. The molecule has 4 aromatic rings. The molecule has 1 N–H and O–H groups in total. The molecule has 0 aliphatic heterocycles. The number of aromatic nitrogens is 6. The first-order valence-corrected chi connectivity index (χ1v) is 11.4. The second-order valence-corrected chi connectivity index (χ2v) is 8.66. The van der Waals surface area contributed by atoms with E-state index in [-0.39, 0.29) is 17.3 Å². The first kappa shape index (κ1) is 23.8. The predicted octanol–water partition coefficient (Wildman–Crippen LogP) is 5.84. The minimum Gasteiger partial charge on any atom is -0.435 e. The Bertz CT molecular complexity index is 1360. The molecule has 0 spiro atoms. The highest BCUT2D eigenvalue weighted by Crippen LogP contribution is 2.36. The van der Waals surface area contributed by atoms with Gasteiger partial charge in [0.05, 0.1) is 11.4 Å². The minimum absolute atomic E-state index is 0.0627. The zero-order valence-corrected chi connectivity index (χ0v) is 19.5. The summed E-state index contributed by atoms with van der Waals surface area (Å²) in [6.07, 6.45) is 0.795. The molecule has 188 valence electrons. The van der Waals surface area contributed by atoms with Gasteiger partial charge in [-0.15, -0.1) is 0 Å². The molecule has 5 rings (SSSR count). The molecule has 1 aliphatic rings. The Balaban J connectivity index is 1.47. The minimum atomic E-state index is -2.90. The molecule has 8 nitrogen and oxygen atoms in total. The van der Waals surface area contributed by atoms with Gasteiger partial charge in [-0.2, -0.15) is 19.0 Å². The third kappa shape index (κ3) is 5.02. The number of nitrogens with zero attached hydrogens (tertiary/aromatic N) is 6. The van der Waals surface area contributed by atoms with E-state index in [2.05, 4.69) is 25.1 Å². The van der Waals surface area contributed by atoms with Crippen LogP contribution in [0.5, 0.6) is 5.75 Å². The second kappa shape index (κ2) is 9.59. The van der Waals surface area contributed by atoms with E-state index in [4.69, 9.17) is 5.10 Å². The first-order valence-electron chi connectivity index (χ1n) is 11.4. The molecular weight excluding hydrogens is 478 g/mol. The van der Waals surface area contributed by atoms with Crippen molar-refractivity contribution < 1.29 is 22.3 Å². The molecule has 36 heavy (non-hydrogen) atoms. The molecule has 0 radical (unpaired) electrons. The molecule has 12 heteroatoms. The lowest BCUT2D eigenvalue weighted by Gasteiger charge is -2.11. The Hall–Kier alpha value is -3.96. The highest BCUT2D eigenvalue weighted by molar-refractivity contribution is 5.71. The largest absolute Gasteiger partial charge is 0.435 e. The summed E-state index contributed by atoms with van der Waals surface area (Å²) >= 11 is 0. The van der Waals surface area contributed by atoms with Gasteiger partial charge in [-0.1, -0.05) is 0 Å². The van der Waals surface area contributed by atoms with Crippen LogP contribution in [0.3, 0.4) is 0 Å². The van der Waals surface area contributed by atoms with Gasteiger partial charge in [-0.05, 0) is 62.9 Å². The summed E-state index contributed by atoms with van der Waals surface area (Å²) < 4.78 is 59.4. The van der Waals surface area contributed by atoms with Gasteiger partial charge >= 0.3 is 6.61 Å². The summed E-state index contributed by atoms with van der Waals surface area (Å²) in [5.41, 5.74) is 2.43. The number of nitrogens with one attached hydrogen (secondary N) is 1. The Morgan fingerprint density at radius 1 is 1.03 bits per heavy atom. The zero-order valence-electron chi connectivity index (χ0n) is 19.5. The van der Waals surface area contributed by atoms with Crippen LogP contribution in [0.4, 0.5) is 29.2 Å². The summed E-state index contributed by atoms with van der Waals surface area (Å²) in [5.74, 6) is 1.87. The van der Waals surface area contributed by atoms with E-state index in [1.807, 2.05) is 11.6 Å². The first-order chi connectivity index (χ1) is 17.3. The fraction of sp³-hybridized carbons (Fsp3) is 0.333. The monoisotopic (exact) mass is 501 g/mol. The molecule has 0 amide bonds. The number of ether oxygens (including phenoxy) is 1. The van der Waals surface area contributed by atoms with Gasteiger partial charge in [0.2, 0.25) is 0 Å². The Labute approximate surface area is 203 Å². The van der Waals surface area contributed by atoms with E-state index in [9.17, 15) is 17.6 Å². The maximum absolute atomic E-state index is 13.5. The lowest BCUT2D eigenvalue weighted by atomic mass is 10.1. The third-order valence-corrected chi connectivity index (χ3v) is 5.87. The molecular formula is C24H23F4N7O. The van der Waals surface area contributed by atoms with Gasteiger partial charge in [-0.25, -0.2) is 28.1 Å². The molecule has 1 aromatic carbocycles. The average molecular weight is 501 g/mol. The van der Waals surface area contributed by atoms with Crippen LogP contribution in [0, 0.1) is 19.8 Å². The van der Waals surface area contributed by atoms with Gasteiger partial charge in [-0.3, -0.25) is 0 Å². The van der Waals surface area contributed by atoms with E-state index >= 15 is 0 Å². The van der Waals surface area contributed by atoms with Crippen molar-refractivity contribution in [3.8, 4) is 22.8 Å². The van der Waals surface area contributed by atoms with Crippen molar-refractivity contribution >= 4 is 11.6 Å². The van der Waals surface area contributed by atoms with Crippen LogP contribution >= 0.6 is 0 Å². The Morgan fingerprint density at radius 2 is 1.78 bits per heavy atom. The number of hydrogen-bond donors (Lipinski definition) is 1. The summed E-state index contributed by atoms with van der Waals surface area (Å²) in [5, 5.41) is 12.2. The van der Waals surface area contributed by atoms with Crippen molar-refractivity contribution in [2.45, 2.75) is 46.3 Å². The number of aryl methyl sites for hydroxylation is 1. The predicted molar refractivity (Wildman–Crippen MR) is 124 cm³/mol. The summed E-state index contributed by atoms with van der Waals surface area (Å²) in [6, 6.07) is 9.15. The SMILES string of the molecule is Cc1cc(C(F)F)n(-c2cc(Nc3c(C)c(-c4ccc(OC(F)F)cc4)nn3CC3CC3)ncn2)n1. The maximum Gasteiger partial charge on any atom is 0.387 e. The molecule has 0 atom stereocenters. The van der Waals surface area contributed by atoms with Gasteiger partial charge in [0, 0.05) is 23.7 Å².